The monoisotopic (exact) mass is 378 g/mol. The molecule has 0 saturated heterocycles. The summed E-state index contributed by atoms with van der Waals surface area (Å²) < 4.78 is 24.8. The Morgan fingerprint density at radius 2 is 1.62 bits per heavy atom. The first-order valence-corrected chi connectivity index (χ1v) is 8.24. The maximum atomic E-state index is 11.0. The van der Waals surface area contributed by atoms with Crippen molar-refractivity contribution >= 4 is 27.8 Å². The number of nitrogens with zero attached hydrogens (tertiary/aromatic N) is 1. The number of carboxylic acids is 1. The minimum absolute atomic E-state index is 0. The number of nitrogens with two attached hydrogens (primary N) is 1. The van der Waals surface area contributed by atoms with Gasteiger partial charge in [-0.3, -0.25) is 16.6 Å². The Hall–Kier alpha value is -0.930. The predicted molar refractivity (Wildman–Crippen MR) is 88.6 cm³/mol. The van der Waals surface area contributed by atoms with Gasteiger partial charge in [-0.15, -0.1) is 0 Å². The van der Waals surface area contributed by atoms with E-state index in [0.717, 1.165) is 5.56 Å². The molecule has 1 unspecified atom stereocenters. The fourth-order valence-electron chi connectivity index (χ4n) is 1.55. The number of benzene rings is 2. The minimum Gasteiger partial charge on any atom is -0.480 e. The van der Waals surface area contributed by atoms with Gasteiger partial charge in [0.1, 0.15) is 16.1 Å². The molecule has 0 aromatic heterocycles. The number of halogens is 1. The maximum Gasteiger partial charge on any atom is 1.00 e. The van der Waals surface area contributed by atoms with E-state index in [1.165, 1.54) is 12.1 Å². The molecule has 24 heavy (non-hydrogen) atoms. The van der Waals surface area contributed by atoms with Crippen molar-refractivity contribution in [3.05, 3.63) is 70.0 Å². The Bertz CT molecular complexity index is 740. The average molecular weight is 379 g/mol. The molecule has 0 radical (unpaired) electrons. The molecular weight excluding hydrogens is 363 g/mol. The van der Waals surface area contributed by atoms with Crippen LogP contribution < -0.4 is 35.3 Å². The number of hydrogen-bond acceptors (Lipinski definition) is 4. The van der Waals surface area contributed by atoms with Crippen LogP contribution in [-0.2, 0) is 14.8 Å². The van der Waals surface area contributed by atoms with E-state index in [1.54, 1.807) is 36.4 Å². The van der Waals surface area contributed by atoms with Crippen LogP contribution in [0.2, 0.25) is 0 Å². The van der Waals surface area contributed by atoms with Crippen molar-refractivity contribution in [3.8, 4) is 0 Å². The standard InChI is InChI=1S/C8H9NO2.C7H7ClNO2S.Na/c9-7(8(10)11)6-4-2-1-3-5-6;1-6-2-4-7(5-3-6)12(10,11)9-8;/h1-5,7H,9H2,(H,10,11);2-5H,1H3;/q;-1;+1. The third-order valence-electron chi connectivity index (χ3n) is 2.83. The fraction of sp³-hybridized carbons (Fsp3) is 0.133. The predicted octanol–water partition coefficient (Wildman–Crippen LogP) is -0.0138. The van der Waals surface area contributed by atoms with Gasteiger partial charge in [0.2, 0.25) is 0 Å². The maximum absolute atomic E-state index is 11.0. The van der Waals surface area contributed by atoms with E-state index < -0.39 is 22.0 Å². The summed E-state index contributed by atoms with van der Waals surface area (Å²) in [4.78, 5) is 10.5. The van der Waals surface area contributed by atoms with Crippen molar-refractivity contribution in [2.24, 2.45) is 5.73 Å². The van der Waals surface area contributed by atoms with Crippen molar-refractivity contribution in [2.45, 2.75) is 17.9 Å². The topological polar surface area (TPSA) is 112 Å². The van der Waals surface area contributed by atoms with Gasteiger partial charge in [-0.2, -0.15) is 0 Å². The molecule has 6 nitrogen and oxygen atoms in total. The van der Waals surface area contributed by atoms with E-state index in [4.69, 9.17) is 22.6 Å². The molecule has 0 aliphatic rings. The van der Waals surface area contributed by atoms with Crippen molar-refractivity contribution < 1.29 is 47.9 Å². The molecule has 0 saturated carbocycles. The summed E-state index contributed by atoms with van der Waals surface area (Å²) in [6.45, 7) is 1.87. The Morgan fingerprint density at radius 3 is 2.04 bits per heavy atom. The first-order valence-electron chi connectivity index (χ1n) is 6.46. The Morgan fingerprint density at radius 1 is 1.12 bits per heavy atom. The summed E-state index contributed by atoms with van der Waals surface area (Å²) in [5.74, 6) is -1.00. The molecular formula is C15H16ClN2NaO4S. The van der Waals surface area contributed by atoms with E-state index in [2.05, 4.69) is 4.24 Å². The first-order chi connectivity index (χ1) is 10.8. The van der Waals surface area contributed by atoms with Crippen molar-refractivity contribution in [2.75, 3.05) is 0 Å². The smallest absolute Gasteiger partial charge is 0.480 e. The Kier molecular flexibility index (Phi) is 10.4. The summed E-state index contributed by atoms with van der Waals surface area (Å²) >= 11 is 4.90. The van der Waals surface area contributed by atoms with Gasteiger partial charge in [-0.05, 0) is 24.6 Å². The molecule has 0 heterocycles. The van der Waals surface area contributed by atoms with Crippen molar-refractivity contribution in [1.82, 2.24) is 0 Å². The Balaban J connectivity index is 0.000000425. The van der Waals surface area contributed by atoms with Crippen LogP contribution in [0.3, 0.4) is 0 Å². The van der Waals surface area contributed by atoms with E-state index in [1.807, 2.05) is 13.0 Å². The molecule has 1 atom stereocenters. The van der Waals surface area contributed by atoms with Crippen LogP contribution in [0, 0.1) is 6.92 Å². The molecule has 3 N–H and O–H groups in total. The van der Waals surface area contributed by atoms with Crippen LogP contribution in [0.1, 0.15) is 17.2 Å². The van der Waals surface area contributed by atoms with E-state index in [9.17, 15) is 13.2 Å². The summed E-state index contributed by atoms with van der Waals surface area (Å²) in [5, 5.41) is 8.51. The van der Waals surface area contributed by atoms with Gasteiger partial charge in [-0.25, -0.2) is 8.42 Å². The summed E-state index contributed by atoms with van der Waals surface area (Å²) in [5.41, 5.74) is 6.95. The van der Waals surface area contributed by atoms with Gasteiger partial charge in [-0.1, -0.05) is 48.0 Å². The van der Waals surface area contributed by atoms with E-state index in [-0.39, 0.29) is 34.5 Å². The van der Waals surface area contributed by atoms with Gasteiger partial charge in [0, 0.05) is 4.90 Å². The summed E-state index contributed by atoms with van der Waals surface area (Å²) in [7, 11) is -3.62. The quantitative estimate of drug-likeness (QED) is 0.726. The van der Waals surface area contributed by atoms with Gasteiger partial charge in [0.25, 0.3) is 0 Å². The number of carbonyl (C=O) groups is 1. The number of aliphatic carboxylic acids is 1. The number of rotatable bonds is 4. The molecule has 0 fully saturated rings. The molecule has 0 aliphatic carbocycles. The number of sulfonamides is 1. The van der Waals surface area contributed by atoms with Gasteiger partial charge in [0.15, 0.2) is 0 Å². The minimum atomic E-state index is -3.62. The van der Waals surface area contributed by atoms with Gasteiger partial charge >= 0.3 is 35.5 Å². The fourth-order valence-corrected chi connectivity index (χ4v) is 2.35. The molecule has 124 valence electrons. The van der Waals surface area contributed by atoms with Crippen LogP contribution in [0.15, 0.2) is 59.5 Å². The van der Waals surface area contributed by atoms with Gasteiger partial charge < -0.3 is 15.1 Å². The Labute approximate surface area is 168 Å². The SMILES string of the molecule is Cc1ccc(S(=O)(=O)[N-]Cl)cc1.NC(C(=O)O)c1ccccc1.[Na+]. The molecule has 0 spiro atoms. The van der Waals surface area contributed by atoms with Gasteiger partial charge in [0.05, 0.1) is 0 Å². The third kappa shape index (κ3) is 7.31. The van der Waals surface area contributed by atoms with Crippen LogP contribution >= 0.6 is 11.8 Å². The first kappa shape index (κ1) is 23.1. The third-order valence-corrected chi connectivity index (χ3v) is 4.43. The van der Waals surface area contributed by atoms with Crippen molar-refractivity contribution in [1.29, 1.82) is 0 Å². The normalized spacial score (nSPS) is 11.5. The van der Waals surface area contributed by atoms with Crippen LogP contribution in [0.5, 0.6) is 0 Å². The van der Waals surface area contributed by atoms with Crippen LogP contribution in [0.25, 0.3) is 4.24 Å². The largest absolute Gasteiger partial charge is 1.00 e. The zero-order chi connectivity index (χ0) is 17.5. The van der Waals surface area contributed by atoms with Crippen molar-refractivity contribution in [3.63, 3.8) is 0 Å². The molecule has 0 bridgehead atoms. The average Bonchev–Trinajstić information content (AvgIpc) is 2.56. The summed E-state index contributed by atoms with van der Waals surface area (Å²) in [6, 6.07) is 14.1. The second-order valence-corrected chi connectivity index (χ2v) is 6.56. The van der Waals surface area contributed by atoms with E-state index in [0.29, 0.717) is 5.56 Å². The van der Waals surface area contributed by atoms with E-state index >= 15 is 0 Å². The molecule has 2 rings (SSSR count). The number of hydrogen-bond donors (Lipinski definition) is 2. The molecule has 2 aromatic rings. The second-order valence-electron chi connectivity index (χ2n) is 4.58. The zero-order valence-corrected chi connectivity index (χ0v) is 16.8. The molecule has 9 heteroatoms. The molecule has 0 aliphatic heterocycles. The number of carboxylic acid groups (broad SMARTS) is 1. The number of aryl methyl sites for hydroxylation is 1. The molecule has 2 aromatic carbocycles. The van der Waals surface area contributed by atoms with Crippen LogP contribution in [-0.4, -0.2) is 19.5 Å². The zero-order valence-electron chi connectivity index (χ0n) is 13.3. The molecule has 0 amide bonds. The summed E-state index contributed by atoms with van der Waals surface area (Å²) in [6.07, 6.45) is 0. The second kappa shape index (κ2) is 10.8. The van der Waals surface area contributed by atoms with Crippen LogP contribution in [0.4, 0.5) is 0 Å².